The summed E-state index contributed by atoms with van der Waals surface area (Å²) in [7, 11) is -4.77. The van der Waals surface area contributed by atoms with E-state index in [-0.39, 0.29) is 26.1 Å². The Morgan fingerprint density at radius 1 is 0.771 bits per heavy atom. The van der Waals surface area contributed by atoms with Gasteiger partial charge in [-0.05, 0) is 25.7 Å². The van der Waals surface area contributed by atoms with Gasteiger partial charge in [0.15, 0.2) is 12.2 Å². The molecule has 16 heteroatoms. The summed E-state index contributed by atoms with van der Waals surface area (Å²) in [5.74, 6) is -2.02. The number of carbonyl (C=O) groups is 4. The minimum atomic E-state index is -4.77. The van der Waals surface area contributed by atoms with Crippen LogP contribution >= 0.6 is 23.8 Å². The van der Waals surface area contributed by atoms with Gasteiger partial charge in [-0.15, -0.1) is 0 Å². The van der Waals surface area contributed by atoms with Crippen LogP contribution in [-0.2, 0) is 46.9 Å². The number of rotatable bonds is 20. The predicted octanol–water partition coefficient (Wildman–Crippen LogP) is 1.36. The van der Waals surface area contributed by atoms with Crippen LogP contribution in [0.2, 0.25) is 0 Å². The second kappa shape index (κ2) is 19.6. The van der Waals surface area contributed by atoms with Crippen LogP contribution in [0.4, 0.5) is 4.79 Å². The van der Waals surface area contributed by atoms with Crippen LogP contribution in [0.5, 0.6) is 0 Å². The highest BCUT2D eigenvalue weighted by atomic mass is 79.9. The summed E-state index contributed by atoms with van der Waals surface area (Å²) in [6, 6.07) is 0. The van der Waals surface area contributed by atoms with E-state index in [2.05, 4.69) is 20.7 Å². The van der Waals surface area contributed by atoms with Gasteiger partial charge in [0, 0.05) is 48.9 Å². The lowest BCUT2D eigenvalue weighted by atomic mass is 10.2. The number of esters is 3. The number of carbonyl (C=O) groups excluding carboxylic acids is 4. The summed E-state index contributed by atoms with van der Waals surface area (Å²) >= 11 is 2.51. The van der Waals surface area contributed by atoms with E-state index in [9.17, 15) is 28.6 Å². The van der Waals surface area contributed by atoms with E-state index in [1.165, 1.54) is 0 Å². The second-order valence-corrected chi connectivity index (χ2v) is 9.10. The Balaban J connectivity index is 4.89. The van der Waals surface area contributed by atoms with Crippen LogP contribution in [0.15, 0.2) is 0 Å². The van der Waals surface area contributed by atoms with Gasteiger partial charge in [-0.1, -0.05) is 0 Å². The van der Waals surface area contributed by atoms with Gasteiger partial charge in [0.2, 0.25) is 0 Å². The van der Waals surface area contributed by atoms with Crippen LogP contribution in [-0.4, -0.2) is 89.7 Å². The van der Waals surface area contributed by atoms with E-state index in [1.54, 1.807) is 0 Å². The number of aliphatic hydroxyl groups is 2. The lowest BCUT2D eigenvalue weighted by Gasteiger charge is -2.21. The number of ether oxygens (including phenoxy) is 4. The van der Waals surface area contributed by atoms with Gasteiger partial charge < -0.3 is 34.1 Å². The largest absolute Gasteiger partial charge is 0.472 e. The Morgan fingerprint density at radius 3 is 1.74 bits per heavy atom. The van der Waals surface area contributed by atoms with Crippen LogP contribution < -0.4 is 0 Å². The SMILES string of the molecule is CC(=O)OC[C@H](COP(=O)(O)OCC(COC(=O)CCCCO)OC(=O)CCCCO)OC(=O)Br. The van der Waals surface area contributed by atoms with Crippen molar-refractivity contribution in [3.8, 4) is 0 Å². The molecule has 35 heavy (non-hydrogen) atoms. The molecule has 3 N–H and O–H groups in total. The van der Waals surface area contributed by atoms with Gasteiger partial charge in [0.25, 0.3) is 0 Å². The molecule has 3 atom stereocenters. The minimum Gasteiger partial charge on any atom is -0.462 e. The Hall–Kier alpha value is -1.61. The first-order valence-electron chi connectivity index (χ1n) is 10.7. The van der Waals surface area contributed by atoms with Crippen molar-refractivity contribution in [3.05, 3.63) is 0 Å². The number of hydrogen-bond donors (Lipinski definition) is 3. The molecule has 0 heterocycles. The Labute approximate surface area is 210 Å². The second-order valence-electron chi connectivity index (χ2n) is 7.00. The molecule has 0 bridgehead atoms. The number of hydrogen-bond acceptors (Lipinski definition) is 13. The van der Waals surface area contributed by atoms with Crippen molar-refractivity contribution in [2.24, 2.45) is 0 Å². The fourth-order valence-corrected chi connectivity index (χ4v) is 3.28. The van der Waals surface area contributed by atoms with Gasteiger partial charge in [-0.25, -0.2) is 9.36 Å². The first-order valence-corrected chi connectivity index (χ1v) is 13.0. The molecule has 0 spiro atoms. The molecule has 0 rings (SSSR count). The van der Waals surface area contributed by atoms with Gasteiger partial charge >= 0.3 is 30.6 Å². The van der Waals surface area contributed by atoms with E-state index in [4.69, 9.17) is 33.5 Å². The smallest absolute Gasteiger partial charge is 0.462 e. The number of phosphoric ester groups is 1. The molecule has 0 aliphatic heterocycles. The first-order chi connectivity index (χ1) is 16.5. The highest BCUT2D eigenvalue weighted by Gasteiger charge is 2.28. The van der Waals surface area contributed by atoms with Crippen LogP contribution in [0.1, 0.15) is 45.4 Å². The minimum absolute atomic E-state index is 0.0101. The van der Waals surface area contributed by atoms with Crippen molar-refractivity contribution in [2.45, 2.75) is 57.7 Å². The van der Waals surface area contributed by atoms with E-state index >= 15 is 0 Å². The Morgan fingerprint density at radius 2 is 1.26 bits per heavy atom. The van der Waals surface area contributed by atoms with Crippen LogP contribution in [0, 0.1) is 0 Å². The number of halogens is 1. The molecular weight excluding hydrogens is 563 g/mol. The topological polar surface area (TPSA) is 201 Å². The fraction of sp³-hybridized carbons (Fsp3) is 0.789. The van der Waals surface area contributed by atoms with Crippen LogP contribution in [0.3, 0.4) is 0 Å². The number of unbranched alkanes of at least 4 members (excludes halogenated alkanes) is 2. The van der Waals surface area contributed by atoms with Gasteiger partial charge in [-0.2, -0.15) is 0 Å². The molecule has 0 amide bonds. The van der Waals surface area contributed by atoms with Crippen molar-refractivity contribution >= 4 is 46.5 Å². The van der Waals surface area contributed by atoms with Crippen molar-refractivity contribution in [1.29, 1.82) is 0 Å². The molecule has 0 aromatic rings. The summed E-state index contributed by atoms with van der Waals surface area (Å²) in [5, 5.41) is 17.5. The van der Waals surface area contributed by atoms with Crippen molar-refractivity contribution in [3.63, 3.8) is 0 Å². The Kier molecular flexibility index (Phi) is 18.7. The van der Waals surface area contributed by atoms with E-state index in [0.29, 0.717) is 25.7 Å². The lowest BCUT2D eigenvalue weighted by Crippen LogP contribution is -2.30. The van der Waals surface area contributed by atoms with E-state index < -0.39 is 69.2 Å². The zero-order valence-electron chi connectivity index (χ0n) is 19.3. The molecule has 0 aliphatic rings. The average molecular weight is 595 g/mol. The maximum absolute atomic E-state index is 12.2. The van der Waals surface area contributed by atoms with Gasteiger partial charge in [0.1, 0.15) is 13.2 Å². The quantitative estimate of drug-likeness (QED) is 0.0599. The molecule has 0 fully saturated rings. The summed E-state index contributed by atoms with van der Waals surface area (Å²) in [5.41, 5.74) is 0. The predicted molar refractivity (Wildman–Crippen MR) is 120 cm³/mol. The third-order valence-corrected chi connectivity index (χ3v) is 5.02. The van der Waals surface area contributed by atoms with E-state index in [1.807, 2.05) is 0 Å². The molecule has 0 saturated carbocycles. The first kappa shape index (κ1) is 33.4. The maximum Gasteiger partial charge on any atom is 0.472 e. The normalized spacial score (nSPS) is 14.3. The van der Waals surface area contributed by atoms with Crippen molar-refractivity contribution in [2.75, 3.05) is 39.6 Å². The van der Waals surface area contributed by atoms with Gasteiger partial charge in [0.05, 0.1) is 13.2 Å². The Bertz CT molecular complexity index is 703. The maximum atomic E-state index is 12.2. The van der Waals surface area contributed by atoms with Crippen molar-refractivity contribution < 1.29 is 66.8 Å². The molecule has 2 unspecified atom stereocenters. The zero-order valence-corrected chi connectivity index (χ0v) is 21.8. The number of aliphatic hydroxyl groups excluding tert-OH is 2. The summed E-state index contributed by atoms with van der Waals surface area (Å²) in [6.45, 7) is -1.37. The summed E-state index contributed by atoms with van der Waals surface area (Å²) < 4.78 is 41.3. The standard InChI is InChI=1S/C19H32BrO14P/c1-14(23)29-10-16(34-19(20)26)13-32-35(27,28)31-12-15(33-18(25)7-3-5-9-22)11-30-17(24)6-2-4-8-21/h15-16,21-22H,2-13H2,1H3,(H,27,28)/t15?,16-/m1/s1. The van der Waals surface area contributed by atoms with Gasteiger partial charge in [-0.3, -0.25) is 23.4 Å². The third-order valence-electron chi connectivity index (χ3n) is 3.89. The summed E-state index contributed by atoms with van der Waals surface area (Å²) in [4.78, 5) is 54.7. The summed E-state index contributed by atoms with van der Waals surface area (Å²) in [6.07, 6.45) is -1.04. The highest BCUT2D eigenvalue weighted by Crippen LogP contribution is 2.43. The van der Waals surface area contributed by atoms with E-state index in [0.717, 1.165) is 6.92 Å². The fourth-order valence-electron chi connectivity index (χ4n) is 2.23. The average Bonchev–Trinajstić information content (AvgIpc) is 2.77. The molecule has 0 radical (unpaired) electrons. The number of phosphoric acid groups is 1. The molecular formula is C19H32BrO14P. The molecule has 0 saturated heterocycles. The van der Waals surface area contributed by atoms with Crippen molar-refractivity contribution in [1.82, 2.24) is 0 Å². The lowest BCUT2D eigenvalue weighted by molar-refractivity contribution is -0.161. The molecule has 0 aromatic carbocycles. The third kappa shape index (κ3) is 20.3. The zero-order chi connectivity index (χ0) is 26.7. The molecule has 0 aliphatic carbocycles. The molecule has 204 valence electrons. The highest BCUT2D eigenvalue weighted by molar-refractivity contribution is 9.18. The van der Waals surface area contributed by atoms with Crippen LogP contribution in [0.25, 0.3) is 0 Å². The monoisotopic (exact) mass is 594 g/mol. The molecule has 0 aromatic heterocycles. The molecule has 14 nitrogen and oxygen atoms in total.